The summed E-state index contributed by atoms with van der Waals surface area (Å²) in [6.07, 6.45) is -0.705. The molecule has 1 N–H and O–H groups in total. The lowest BCUT2D eigenvalue weighted by Crippen LogP contribution is -2.34. The molecule has 0 amide bonds. The lowest BCUT2D eigenvalue weighted by atomic mass is 10.0. The van der Waals surface area contributed by atoms with Crippen LogP contribution in [-0.2, 0) is 11.4 Å². The molecule has 1 aromatic heterocycles. The topological polar surface area (TPSA) is 81.1 Å². The smallest absolute Gasteiger partial charge is 0.425 e. The second-order valence-corrected chi connectivity index (χ2v) is 8.95. The van der Waals surface area contributed by atoms with Crippen molar-refractivity contribution >= 4 is 23.6 Å². The van der Waals surface area contributed by atoms with Gasteiger partial charge in [0.1, 0.15) is 29.7 Å². The van der Waals surface area contributed by atoms with Crippen molar-refractivity contribution in [1.82, 2.24) is 9.88 Å². The average molecular weight is 525 g/mol. The molecule has 1 aromatic carbocycles. The molecule has 0 unspecified atom stereocenters. The molecule has 11 heteroatoms. The predicted molar refractivity (Wildman–Crippen MR) is 126 cm³/mol. The fourth-order valence-electron chi connectivity index (χ4n) is 3.79. The molecule has 2 aliphatic heterocycles. The molecule has 0 saturated carbocycles. The zero-order valence-electron chi connectivity index (χ0n) is 19.3. The highest BCUT2D eigenvalue weighted by Gasteiger charge is 2.38. The maximum atomic E-state index is 12.7. The van der Waals surface area contributed by atoms with Gasteiger partial charge in [-0.25, -0.2) is 9.78 Å². The first-order chi connectivity index (χ1) is 17.1. The van der Waals surface area contributed by atoms with Crippen LogP contribution in [0.25, 0.3) is 6.08 Å². The van der Waals surface area contributed by atoms with E-state index in [1.54, 1.807) is 18.2 Å². The van der Waals surface area contributed by atoms with Crippen LogP contribution in [0.15, 0.2) is 47.7 Å². The van der Waals surface area contributed by atoms with Crippen LogP contribution in [0.5, 0.6) is 17.4 Å². The largest absolute Gasteiger partial charge is 0.489 e. The number of pyridine rings is 1. The molecule has 2 aromatic rings. The average Bonchev–Trinajstić information content (AvgIpc) is 2.83. The molecule has 0 bridgehead atoms. The molecule has 1 atom stereocenters. The van der Waals surface area contributed by atoms with E-state index in [1.165, 1.54) is 12.3 Å². The third-order valence-electron chi connectivity index (χ3n) is 5.71. The van der Waals surface area contributed by atoms with Crippen molar-refractivity contribution in [3.05, 3.63) is 63.8 Å². The Labute approximate surface area is 210 Å². The van der Waals surface area contributed by atoms with Gasteiger partial charge < -0.3 is 19.3 Å². The number of carbonyl (C=O) groups is 1. The number of hydrogen-bond donors (Lipinski definition) is 1. The molecule has 2 aliphatic rings. The summed E-state index contributed by atoms with van der Waals surface area (Å²) in [7, 11) is 0. The quantitative estimate of drug-likeness (QED) is 0.512. The van der Waals surface area contributed by atoms with E-state index in [2.05, 4.69) is 9.88 Å². The fourth-order valence-corrected chi connectivity index (χ4v) is 4.02. The van der Waals surface area contributed by atoms with E-state index in [1.807, 2.05) is 12.1 Å². The minimum atomic E-state index is -4.52. The van der Waals surface area contributed by atoms with E-state index in [9.17, 15) is 23.1 Å². The van der Waals surface area contributed by atoms with E-state index < -0.39 is 18.2 Å². The van der Waals surface area contributed by atoms with Gasteiger partial charge >= 0.3 is 12.1 Å². The van der Waals surface area contributed by atoms with Crippen LogP contribution in [0, 0.1) is 0 Å². The predicted octanol–water partition coefficient (Wildman–Crippen LogP) is 5.14. The summed E-state index contributed by atoms with van der Waals surface area (Å²) in [6.45, 7) is 3.18. The standard InChI is InChI=1S/C25H24ClF3N2O5/c1-15(25(27,28)29)36-23-21(26)8-16(10-30-23)13-34-20-5-4-18-7-17(14-35-22(18)9-20)11-31-6-2-3-19(12-31)24(32)33/h3-5,7-10,15H,2,6,11-14H2,1H3,(H,32,33)/t15-/m0/s1. The molecule has 0 spiro atoms. The molecule has 7 nitrogen and oxygen atoms in total. The molecule has 36 heavy (non-hydrogen) atoms. The zero-order valence-corrected chi connectivity index (χ0v) is 20.1. The lowest BCUT2D eigenvalue weighted by molar-refractivity contribution is -0.189. The van der Waals surface area contributed by atoms with Crippen LogP contribution in [0.2, 0.25) is 5.02 Å². The van der Waals surface area contributed by atoms with Gasteiger partial charge in [-0.05, 0) is 43.2 Å². The SMILES string of the molecule is C[C@H](Oc1ncc(COc2ccc3c(c2)OCC(CN2CCC=C(C(=O)O)C2)=C3)cc1Cl)C(F)(F)F. The summed E-state index contributed by atoms with van der Waals surface area (Å²) < 4.78 is 54.5. The Morgan fingerprint density at radius 3 is 2.86 bits per heavy atom. The Kier molecular flexibility index (Phi) is 7.75. The van der Waals surface area contributed by atoms with Crippen molar-refractivity contribution < 1.29 is 37.3 Å². The number of aromatic nitrogens is 1. The third kappa shape index (κ3) is 6.50. The van der Waals surface area contributed by atoms with Gasteiger partial charge in [0.25, 0.3) is 0 Å². The van der Waals surface area contributed by atoms with Gasteiger partial charge in [-0.2, -0.15) is 13.2 Å². The van der Waals surface area contributed by atoms with Gasteiger partial charge in [-0.1, -0.05) is 17.7 Å². The number of halogens is 4. The van der Waals surface area contributed by atoms with Gasteiger partial charge in [0.05, 0.1) is 0 Å². The van der Waals surface area contributed by atoms with Gasteiger partial charge in [0.2, 0.25) is 5.88 Å². The highest BCUT2D eigenvalue weighted by atomic mass is 35.5. The van der Waals surface area contributed by atoms with Crippen molar-refractivity contribution in [3.8, 4) is 17.4 Å². The van der Waals surface area contributed by atoms with Gasteiger partial charge in [-0.3, -0.25) is 4.90 Å². The minimum Gasteiger partial charge on any atom is -0.489 e. The maximum absolute atomic E-state index is 12.7. The Bertz CT molecular complexity index is 1200. The van der Waals surface area contributed by atoms with Crippen LogP contribution >= 0.6 is 11.6 Å². The van der Waals surface area contributed by atoms with Crippen molar-refractivity contribution in [3.63, 3.8) is 0 Å². The number of benzene rings is 1. The Morgan fingerprint density at radius 1 is 1.33 bits per heavy atom. The first kappa shape index (κ1) is 25.8. The van der Waals surface area contributed by atoms with Gasteiger partial charge in [-0.15, -0.1) is 0 Å². The van der Waals surface area contributed by atoms with Crippen molar-refractivity contribution in [2.24, 2.45) is 0 Å². The normalized spacial score (nSPS) is 16.8. The van der Waals surface area contributed by atoms with Crippen molar-refractivity contribution in [1.29, 1.82) is 0 Å². The van der Waals surface area contributed by atoms with E-state index >= 15 is 0 Å². The lowest BCUT2D eigenvalue weighted by Gasteiger charge is -2.28. The molecular weight excluding hydrogens is 501 g/mol. The van der Waals surface area contributed by atoms with Crippen LogP contribution < -0.4 is 14.2 Å². The van der Waals surface area contributed by atoms with E-state index in [0.29, 0.717) is 48.8 Å². The molecule has 4 rings (SSSR count). The Morgan fingerprint density at radius 2 is 2.14 bits per heavy atom. The first-order valence-electron chi connectivity index (χ1n) is 11.2. The van der Waals surface area contributed by atoms with Crippen LogP contribution in [-0.4, -0.2) is 59.5 Å². The van der Waals surface area contributed by atoms with E-state index in [-0.39, 0.29) is 17.5 Å². The summed E-state index contributed by atoms with van der Waals surface area (Å²) in [4.78, 5) is 17.2. The summed E-state index contributed by atoms with van der Waals surface area (Å²) in [5.41, 5.74) is 2.91. The van der Waals surface area contributed by atoms with E-state index in [4.69, 9.17) is 25.8 Å². The van der Waals surface area contributed by atoms with Crippen molar-refractivity contribution in [2.75, 3.05) is 26.2 Å². The molecule has 0 saturated heterocycles. The molecule has 0 aliphatic carbocycles. The fraction of sp³-hybridized carbons (Fsp3) is 0.360. The summed E-state index contributed by atoms with van der Waals surface area (Å²) >= 11 is 6.03. The van der Waals surface area contributed by atoms with E-state index in [0.717, 1.165) is 24.6 Å². The number of fused-ring (bicyclic) bond motifs is 1. The number of aliphatic carboxylic acids is 1. The second-order valence-electron chi connectivity index (χ2n) is 8.55. The first-order valence-corrected chi connectivity index (χ1v) is 11.6. The molecule has 0 fully saturated rings. The van der Waals surface area contributed by atoms with Crippen LogP contribution in [0.4, 0.5) is 13.2 Å². The maximum Gasteiger partial charge on any atom is 0.425 e. The summed E-state index contributed by atoms with van der Waals surface area (Å²) in [5.74, 6) is 0.0154. The Balaban J connectivity index is 1.34. The van der Waals surface area contributed by atoms with Gasteiger partial charge in [0, 0.05) is 48.6 Å². The highest BCUT2D eigenvalue weighted by molar-refractivity contribution is 6.31. The zero-order chi connectivity index (χ0) is 25.9. The van der Waals surface area contributed by atoms with Crippen molar-refractivity contribution in [2.45, 2.75) is 32.2 Å². The van der Waals surface area contributed by atoms with Crippen LogP contribution in [0.1, 0.15) is 24.5 Å². The monoisotopic (exact) mass is 524 g/mol. The Hall–Kier alpha value is -3.24. The second kappa shape index (κ2) is 10.8. The summed E-state index contributed by atoms with van der Waals surface area (Å²) in [6, 6.07) is 6.85. The molecule has 0 radical (unpaired) electrons. The van der Waals surface area contributed by atoms with Gasteiger partial charge in [0.15, 0.2) is 6.10 Å². The summed E-state index contributed by atoms with van der Waals surface area (Å²) in [5, 5.41) is 9.18. The highest BCUT2D eigenvalue weighted by Crippen LogP contribution is 2.32. The number of rotatable bonds is 8. The number of ether oxygens (including phenoxy) is 3. The molecule has 192 valence electrons. The number of carboxylic acid groups (broad SMARTS) is 1. The number of nitrogens with zero attached hydrogens (tertiary/aromatic N) is 2. The van der Waals surface area contributed by atoms with Crippen LogP contribution in [0.3, 0.4) is 0 Å². The third-order valence-corrected chi connectivity index (χ3v) is 5.98. The minimum absolute atomic E-state index is 0.0432. The number of carboxylic acids is 1. The molecule has 3 heterocycles. The number of hydrogen-bond acceptors (Lipinski definition) is 6. The molecular formula is C25H24ClF3N2O5. The number of alkyl halides is 3.